The van der Waals surface area contributed by atoms with Crippen molar-refractivity contribution in [3.05, 3.63) is 30.3 Å². The summed E-state index contributed by atoms with van der Waals surface area (Å²) >= 11 is 0. The van der Waals surface area contributed by atoms with Crippen molar-refractivity contribution in [2.75, 3.05) is 26.7 Å². The Hall–Kier alpha value is -1.44. The Morgan fingerprint density at radius 2 is 2.10 bits per heavy atom. The molecular formula is C14H21N3O3S. The van der Waals surface area contributed by atoms with Gasteiger partial charge in [-0.2, -0.15) is 4.31 Å². The van der Waals surface area contributed by atoms with Gasteiger partial charge in [-0.25, -0.2) is 8.42 Å². The number of nitrogens with one attached hydrogen (secondary N) is 2. The zero-order chi connectivity index (χ0) is 15.3. The van der Waals surface area contributed by atoms with Gasteiger partial charge < -0.3 is 10.6 Å². The van der Waals surface area contributed by atoms with E-state index < -0.39 is 10.0 Å². The van der Waals surface area contributed by atoms with Crippen LogP contribution in [0.15, 0.2) is 35.2 Å². The molecule has 0 radical (unpaired) electrons. The normalized spacial score (nSPS) is 19.4. The summed E-state index contributed by atoms with van der Waals surface area (Å²) < 4.78 is 25.7. The molecule has 0 saturated carbocycles. The van der Waals surface area contributed by atoms with E-state index in [4.69, 9.17) is 0 Å². The molecule has 1 aromatic carbocycles. The van der Waals surface area contributed by atoms with Gasteiger partial charge in [-0.1, -0.05) is 18.2 Å². The number of carbonyl (C=O) groups excluding carboxylic acids is 1. The highest BCUT2D eigenvalue weighted by atomic mass is 32.2. The monoisotopic (exact) mass is 311 g/mol. The lowest BCUT2D eigenvalue weighted by Crippen LogP contribution is -2.48. The quantitative estimate of drug-likeness (QED) is 0.813. The minimum Gasteiger partial charge on any atom is -0.351 e. The molecule has 1 heterocycles. The van der Waals surface area contributed by atoms with Crippen molar-refractivity contribution in [1.29, 1.82) is 0 Å². The Morgan fingerprint density at radius 1 is 1.38 bits per heavy atom. The van der Waals surface area contributed by atoms with E-state index in [-0.39, 0.29) is 23.4 Å². The van der Waals surface area contributed by atoms with E-state index in [1.807, 2.05) is 0 Å². The molecule has 2 rings (SSSR count). The molecule has 0 aromatic heterocycles. The number of likely N-dealkylation sites (N-methyl/N-ethyl adjacent to an activating group) is 1. The van der Waals surface area contributed by atoms with Gasteiger partial charge >= 0.3 is 0 Å². The molecule has 0 spiro atoms. The van der Waals surface area contributed by atoms with E-state index in [0.29, 0.717) is 0 Å². The number of hydrogen-bond acceptors (Lipinski definition) is 4. The second kappa shape index (κ2) is 7.02. The molecule has 21 heavy (non-hydrogen) atoms. The average molecular weight is 311 g/mol. The largest absolute Gasteiger partial charge is 0.351 e. The summed E-state index contributed by atoms with van der Waals surface area (Å²) in [5.74, 6) is -0.272. The third kappa shape index (κ3) is 4.26. The third-order valence-corrected chi connectivity index (χ3v) is 5.30. The first-order valence-electron chi connectivity index (χ1n) is 7.01. The first-order valence-corrected chi connectivity index (χ1v) is 8.45. The van der Waals surface area contributed by atoms with Crippen LogP contribution in [0.1, 0.15) is 12.8 Å². The highest BCUT2D eigenvalue weighted by Gasteiger charge is 2.24. The maximum Gasteiger partial charge on any atom is 0.243 e. The lowest BCUT2D eigenvalue weighted by molar-refractivity contribution is -0.121. The molecule has 0 bridgehead atoms. The van der Waals surface area contributed by atoms with Crippen molar-refractivity contribution in [2.45, 2.75) is 23.8 Å². The maximum atomic E-state index is 12.3. The van der Waals surface area contributed by atoms with Crippen molar-refractivity contribution < 1.29 is 13.2 Å². The van der Waals surface area contributed by atoms with E-state index in [1.54, 1.807) is 18.2 Å². The van der Waals surface area contributed by atoms with Gasteiger partial charge in [0.15, 0.2) is 0 Å². The summed E-state index contributed by atoms with van der Waals surface area (Å²) in [7, 11) is -2.20. The molecular weight excluding hydrogens is 290 g/mol. The Bertz CT molecular complexity index is 568. The topological polar surface area (TPSA) is 78.5 Å². The third-order valence-electron chi connectivity index (χ3n) is 3.48. The highest BCUT2D eigenvalue weighted by Crippen LogP contribution is 2.13. The number of benzene rings is 1. The van der Waals surface area contributed by atoms with Crippen LogP contribution in [-0.4, -0.2) is 51.4 Å². The molecule has 0 aliphatic carbocycles. The summed E-state index contributed by atoms with van der Waals surface area (Å²) in [6, 6.07) is 8.20. The summed E-state index contributed by atoms with van der Waals surface area (Å²) in [6.07, 6.45) is 1.94. The number of sulfonamides is 1. The molecule has 1 aliphatic rings. The van der Waals surface area contributed by atoms with Gasteiger partial charge in [-0.15, -0.1) is 0 Å². The van der Waals surface area contributed by atoms with Crippen molar-refractivity contribution in [3.8, 4) is 0 Å². The minimum atomic E-state index is -3.62. The van der Waals surface area contributed by atoms with Crippen LogP contribution < -0.4 is 10.6 Å². The van der Waals surface area contributed by atoms with Crippen LogP contribution in [0.5, 0.6) is 0 Å². The van der Waals surface area contributed by atoms with E-state index in [0.717, 1.165) is 30.2 Å². The predicted octanol–water partition coefficient (Wildman–Crippen LogP) is 0.175. The average Bonchev–Trinajstić information content (AvgIpc) is 2.49. The van der Waals surface area contributed by atoms with Crippen molar-refractivity contribution in [2.24, 2.45) is 0 Å². The van der Waals surface area contributed by atoms with Gasteiger partial charge in [0.05, 0.1) is 11.4 Å². The Balaban J connectivity index is 1.94. The van der Waals surface area contributed by atoms with Crippen LogP contribution in [0.2, 0.25) is 0 Å². The minimum absolute atomic E-state index is 0.0825. The first-order chi connectivity index (χ1) is 10.00. The zero-order valence-corrected chi connectivity index (χ0v) is 12.9. The highest BCUT2D eigenvalue weighted by molar-refractivity contribution is 7.89. The van der Waals surface area contributed by atoms with Crippen LogP contribution in [0.4, 0.5) is 0 Å². The molecule has 116 valence electrons. The fourth-order valence-electron chi connectivity index (χ4n) is 2.31. The standard InChI is InChI=1S/C14H21N3O3S/c1-17(21(19,20)13-7-3-2-4-8-13)11-14(18)16-12-6-5-9-15-10-12/h2-4,7-8,12,15H,5-6,9-11H2,1H3,(H,16,18). The van der Waals surface area contributed by atoms with Gasteiger partial charge in [0.25, 0.3) is 0 Å². The zero-order valence-electron chi connectivity index (χ0n) is 12.1. The van der Waals surface area contributed by atoms with E-state index in [9.17, 15) is 13.2 Å². The molecule has 1 amide bonds. The molecule has 1 aromatic rings. The maximum absolute atomic E-state index is 12.3. The van der Waals surface area contributed by atoms with E-state index in [2.05, 4.69) is 10.6 Å². The van der Waals surface area contributed by atoms with Crippen LogP contribution >= 0.6 is 0 Å². The van der Waals surface area contributed by atoms with E-state index in [1.165, 1.54) is 19.2 Å². The number of nitrogens with zero attached hydrogens (tertiary/aromatic N) is 1. The molecule has 1 fully saturated rings. The lowest BCUT2D eigenvalue weighted by Gasteiger charge is -2.25. The number of piperidine rings is 1. The van der Waals surface area contributed by atoms with Crippen molar-refractivity contribution >= 4 is 15.9 Å². The second-order valence-corrected chi connectivity index (χ2v) is 7.23. The predicted molar refractivity (Wildman–Crippen MR) is 80.3 cm³/mol. The Labute approximate surface area is 125 Å². The van der Waals surface area contributed by atoms with Crippen molar-refractivity contribution in [1.82, 2.24) is 14.9 Å². The molecule has 1 atom stereocenters. The van der Waals surface area contributed by atoms with Gasteiger partial charge in [-0.3, -0.25) is 4.79 Å². The Kier molecular flexibility index (Phi) is 5.33. The number of amides is 1. The SMILES string of the molecule is CN(CC(=O)NC1CCCNC1)S(=O)(=O)c1ccccc1. The summed E-state index contributed by atoms with van der Waals surface area (Å²) in [5, 5.41) is 6.07. The van der Waals surface area contributed by atoms with Gasteiger partial charge in [0, 0.05) is 19.6 Å². The molecule has 1 unspecified atom stereocenters. The van der Waals surface area contributed by atoms with Crippen LogP contribution in [-0.2, 0) is 14.8 Å². The van der Waals surface area contributed by atoms with Crippen LogP contribution in [0, 0.1) is 0 Å². The lowest BCUT2D eigenvalue weighted by atomic mass is 10.1. The summed E-state index contributed by atoms with van der Waals surface area (Å²) in [4.78, 5) is 12.1. The number of hydrogen-bond donors (Lipinski definition) is 2. The number of carbonyl (C=O) groups is 1. The smallest absolute Gasteiger partial charge is 0.243 e. The molecule has 1 aliphatic heterocycles. The molecule has 7 heteroatoms. The first kappa shape index (κ1) is 15.9. The summed E-state index contributed by atoms with van der Waals surface area (Å²) in [5.41, 5.74) is 0. The molecule has 6 nitrogen and oxygen atoms in total. The Morgan fingerprint density at radius 3 is 2.71 bits per heavy atom. The van der Waals surface area contributed by atoms with Crippen LogP contribution in [0.25, 0.3) is 0 Å². The number of rotatable bonds is 5. The van der Waals surface area contributed by atoms with Crippen molar-refractivity contribution in [3.63, 3.8) is 0 Å². The molecule has 1 saturated heterocycles. The van der Waals surface area contributed by atoms with Gasteiger partial charge in [0.2, 0.25) is 15.9 Å². The molecule has 2 N–H and O–H groups in total. The van der Waals surface area contributed by atoms with Crippen LogP contribution in [0.3, 0.4) is 0 Å². The second-order valence-electron chi connectivity index (χ2n) is 5.18. The fourth-order valence-corrected chi connectivity index (χ4v) is 3.46. The van der Waals surface area contributed by atoms with Gasteiger partial charge in [-0.05, 0) is 31.5 Å². The summed E-state index contributed by atoms with van der Waals surface area (Å²) in [6.45, 7) is 1.53. The fraction of sp³-hybridized carbons (Fsp3) is 0.500. The van der Waals surface area contributed by atoms with E-state index >= 15 is 0 Å². The van der Waals surface area contributed by atoms with Gasteiger partial charge in [0.1, 0.15) is 0 Å².